The van der Waals surface area contributed by atoms with E-state index in [0.717, 1.165) is 28.0 Å². The maximum atomic E-state index is 14.0. The van der Waals surface area contributed by atoms with Gasteiger partial charge in [0.2, 0.25) is 11.8 Å². The topological polar surface area (TPSA) is 115 Å². The maximum absolute atomic E-state index is 14.0. The van der Waals surface area contributed by atoms with Crippen LogP contribution in [0.3, 0.4) is 0 Å². The van der Waals surface area contributed by atoms with E-state index in [0.29, 0.717) is 39.3 Å². The third kappa shape index (κ3) is 5.34. The number of imide groups is 1. The summed E-state index contributed by atoms with van der Waals surface area (Å²) in [6.07, 6.45) is 0. The van der Waals surface area contributed by atoms with Crippen LogP contribution in [0, 0.1) is 12.8 Å². The summed E-state index contributed by atoms with van der Waals surface area (Å²) in [7, 11) is 1.55. The molecule has 9 nitrogen and oxygen atoms in total. The number of carbonyl (C=O) groups is 3. The highest BCUT2D eigenvalue weighted by Crippen LogP contribution is 2.53. The van der Waals surface area contributed by atoms with Gasteiger partial charge in [-0.15, -0.1) is 0 Å². The molecule has 11 heteroatoms. The molecule has 0 saturated carbocycles. The third-order valence-corrected chi connectivity index (χ3v) is 9.92. The Morgan fingerprint density at radius 1 is 0.953 bits per heavy atom. The minimum absolute atomic E-state index is 0.239. The van der Waals surface area contributed by atoms with E-state index in [1.54, 1.807) is 32.2 Å². The molecule has 2 aliphatic rings. The molecule has 3 heterocycles. The first-order chi connectivity index (χ1) is 20.8. The molecule has 6 rings (SSSR count). The largest absolute Gasteiger partial charge is 0.493 e. The molecular weight excluding hydrogens is 588 g/mol. The minimum atomic E-state index is -0.759. The first-order valence-electron chi connectivity index (χ1n) is 13.7. The molecular formula is C32H28N2O7S2. The number of methoxy groups -OCH3 is 1. The van der Waals surface area contributed by atoms with Gasteiger partial charge in [-0.3, -0.25) is 14.4 Å². The Hall–Kier alpha value is -4.35. The van der Waals surface area contributed by atoms with Gasteiger partial charge in [-0.2, -0.15) is 0 Å². The van der Waals surface area contributed by atoms with Crippen molar-refractivity contribution in [2.75, 3.05) is 18.6 Å². The zero-order chi connectivity index (χ0) is 30.2. The lowest BCUT2D eigenvalue weighted by Crippen LogP contribution is -2.32. The third-order valence-electron chi connectivity index (χ3n) is 7.52. The normalized spacial score (nSPS) is 19.1. The van der Waals surface area contributed by atoms with E-state index in [9.17, 15) is 19.2 Å². The first kappa shape index (κ1) is 28.8. The van der Waals surface area contributed by atoms with E-state index in [1.165, 1.54) is 28.8 Å². The summed E-state index contributed by atoms with van der Waals surface area (Å²) < 4.78 is 16.8. The number of thiazole rings is 1. The van der Waals surface area contributed by atoms with Crippen molar-refractivity contribution in [2.45, 2.75) is 36.6 Å². The summed E-state index contributed by atoms with van der Waals surface area (Å²) in [5.74, 6) is -1.54. The second-order valence-corrected chi connectivity index (χ2v) is 12.4. The molecule has 0 aliphatic carbocycles. The van der Waals surface area contributed by atoms with Gasteiger partial charge in [0.25, 0.3) is 0 Å². The number of aromatic amines is 1. The number of hydrogen-bond acceptors (Lipinski definition) is 9. The zero-order valence-electron chi connectivity index (χ0n) is 23.6. The molecule has 2 aliphatic heterocycles. The van der Waals surface area contributed by atoms with Crippen LogP contribution in [-0.4, -0.2) is 41.7 Å². The number of amides is 2. The summed E-state index contributed by atoms with van der Waals surface area (Å²) in [6, 6.07) is 19.7. The number of anilines is 1. The number of aryl methyl sites for hydroxylation is 1. The predicted molar refractivity (Wildman–Crippen MR) is 163 cm³/mol. The van der Waals surface area contributed by atoms with Crippen LogP contribution in [-0.2, 0) is 20.9 Å². The van der Waals surface area contributed by atoms with Crippen LogP contribution < -0.4 is 19.2 Å². The standard InChI is InChI=1S/C32H28N2O7S2/c1-4-40-31(37)19-9-12-21(13-10-19)34-29(35)25-24(26-28(33-32(38)43-26)42-27(25)30(34)36)20-11-14-22(23(15-20)39-3)41-16-18-7-5-17(2)6-8-18/h5-15,24-25,27H,4,16H2,1-3H3,(H,33,38)/t24-,25-,27+/m0/s1. The average molecular weight is 617 g/mol. The van der Waals surface area contributed by atoms with Gasteiger partial charge in [-0.05, 0) is 61.4 Å². The Morgan fingerprint density at radius 2 is 1.70 bits per heavy atom. The molecule has 220 valence electrons. The zero-order valence-corrected chi connectivity index (χ0v) is 25.3. The number of fused-ring (bicyclic) bond motifs is 2. The van der Waals surface area contributed by atoms with Gasteiger partial charge in [0, 0.05) is 10.8 Å². The fraction of sp³-hybridized carbons (Fsp3) is 0.250. The lowest BCUT2D eigenvalue weighted by atomic mass is 9.83. The molecule has 2 amide bonds. The number of nitrogens with one attached hydrogen (secondary N) is 1. The molecule has 0 spiro atoms. The number of carbonyl (C=O) groups excluding carboxylic acids is 3. The molecule has 3 aromatic carbocycles. The highest BCUT2D eigenvalue weighted by molar-refractivity contribution is 8.00. The van der Waals surface area contributed by atoms with Gasteiger partial charge in [0.15, 0.2) is 11.5 Å². The molecule has 1 saturated heterocycles. The Balaban J connectivity index is 1.33. The summed E-state index contributed by atoms with van der Waals surface area (Å²) in [5, 5.41) is -0.163. The smallest absolute Gasteiger partial charge is 0.338 e. The van der Waals surface area contributed by atoms with E-state index < -0.39 is 23.1 Å². The van der Waals surface area contributed by atoms with Crippen molar-refractivity contribution in [2.24, 2.45) is 5.92 Å². The van der Waals surface area contributed by atoms with Gasteiger partial charge >= 0.3 is 10.8 Å². The highest BCUT2D eigenvalue weighted by Gasteiger charge is 2.56. The molecule has 0 bridgehead atoms. The number of hydrogen-bond donors (Lipinski definition) is 1. The number of nitrogens with zero attached hydrogens (tertiary/aromatic N) is 1. The summed E-state index contributed by atoms with van der Waals surface area (Å²) >= 11 is 2.25. The SMILES string of the molecule is CCOC(=O)c1ccc(N2C(=O)[C@H]3[C@H](c4ccc(OCc5ccc(C)cc5)c(OC)c4)c4sc(=O)[nH]c4S[C@H]3C2=O)cc1. The number of rotatable bonds is 8. The lowest BCUT2D eigenvalue weighted by molar-refractivity contribution is -0.122. The van der Waals surface area contributed by atoms with Crippen LogP contribution in [0.2, 0.25) is 0 Å². The Labute approximate surface area is 255 Å². The predicted octanol–water partition coefficient (Wildman–Crippen LogP) is 5.30. The molecule has 4 aromatic rings. The van der Waals surface area contributed by atoms with Crippen molar-refractivity contribution in [3.05, 3.63) is 104 Å². The minimum Gasteiger partial charge on any atom is -0.493 e. The van der Waals surface area contributed by atoms with E-state index in [2.05, 4.69) is 4.98 Å². The van der Waals surface area contributed by atoms with Crippen LogP contribution in [0.1, 0.15) is 44.8 Å². The average Bonchev–Trinajstić information content (AvgIpc) is 3.50. The number of benzene rings is 3. The molecule has 3 atom stereocenters. The Kier molecular flexibility index (Phi) is 7.85. The van der Waals surface area contributed by atoms with E-state index in [1.807, 2.05) is 43.3 Å². The van der Waals surface area contributed by atoms with Crippen LogP contribution in [0.5, 0.6) is 11.5 Å². The van der Waals surface area contributed by atoms with Gasteiger partial charge in [-0.25, -0.2) is 9.69 Å². The molecule has 1 fully saturated rings. The number of esters is 1. The first-order valence-corrected chi connectivity index (χ1v) is 15.4. The van der Waals surface area contributed by atoms with Crippen molar-refractivity contribution < 1.29 is 28.6 Å². The molecule has 0 unspecified atom stereocenters. The van der Waals surface area contributed by atoms with Crippen LogP contribution in [0.4, 0.5) is 5.69 Å². The second kappa shape index (κ2) is 11.7. The van der Waals surface area contributed by atoms with Gasteiger partial charge in [-0.1, -0.05) is 59.0 Å². The maximum Gasteiger partial charge on any atom is 0.338 e. The molecule has 43 heavy (non-hydrogen) atoms. The molecule has 0 radical (unpaired) electrons. The fourth-order valence-electron chi connectivity index (χ4n) is 5.43. The van der Waals surface area contributed by atoms with Crippen molar-refractivity contribution >= 4 is 46.6 Å². The van der Waals surface area contributed by atoms with Crippen LogP contribution in [0.25, 0.3) is 0 Å². The quantitative estimate of drug-likeness (QED) is 0.209. The van der Waals surface area contributed by atoms with Crippen LogP contribution in [0.15, 0.2) is 76.6 Å². The molecule has 1 aromatic heterocycles. The number of ether oxygens (including phenoxy) is 3. The van der Waals surface area contributed by atoms with Gasteiger partial charge in [0.05, 0.1) is 35.9 Å². The Bertz CT molecular complexity index is 1760. The summed E-state index contributed by atoms with van der Waals surface area (Å²) in [5.41, 5.74) is 3.59. The Morgan fingerprint density at radius 3 is 2.40 bits per heavy atom. The van der Waals surface area contributed by atoms with Gasteiger partial charge in [0.1, 0.15) is 11.9 Å². The van der Waals surface area contributed by atoms with Crippen LogP contribution >= 0.6 is 23.1 Å². The summed E-state index contributed by atoms with van der Waals surface area (Å²) in [4.78, 5) is 56.8. The lowest BCUT2D eigenvalue weighted by Gasteiger charge is -2.30. The van der Waals surface area contributed by atoms with Gasteiger partial charge < -0.3 is 19.2 Å². The summed E-state index contributed by atoms with van der Waals surface area (Å²) in [6.45, 7) is 4.33. The number of thioether (sulfide) groups is 1. The fourth-order valence-corrected chi connectivity index (χ4v) is 7.95. The van der Waals surface area contributed by atoms with E-state index >= 15 is 0 Å². The van der Waals surface area contributed by atoms with E-state index in [-0.39, 0.29) is 23.3 Å². The monoisotopic (exact) mass is 616 g/mol. The van der Waals surface area contributed by atoms with Crippen molar-refractivity contribution in [1.29, 1.82) is 0 Å². The van der Waals surface area contributed by atoms with E-state index in [4.69, 9.17) is 14.2 Å². The second-order valence-electron chi connectivity index (χ2n) is 10.2. The number of H-pyrrole nitrogens is 1. The highest BCUT2D eigenvalue weighted by atomic mass is 32.2. The van der Waals surface area contributed by atoms with Crippen molar-refractivity contribution in [1.82, 2.24) is 4.98 Å². The number of aromatic nitrogens is 1. The molecule has 1 N–H and O–H groups in total. The van der Waals surface area contributed by atoms with Crippen molar-refractivity contribution in [3.63, 3.8) is 0 Å². The van der Waals surface area contributed by atoms with Crippen molar-refractivity contribution in [3.8, 4) is 11.5 Å².